The summed E-state index contributed by atoms with van der Waals surface area (Å²) in [5.41, 5.74) is 2.53. The van der Waals surface area contributed by atoms with Crippen LogP contribution in [0.15, 0.2) is 42.5 Å². The van der Waals surface area contributed by atoms with E-state index in [1.165, 1.54) is 12.1 Å². The highest BCUT2D eigenvalue weighted by atomic mass is 19.1. The van der Waals surface area contributed by atoms with Gasteiger partial charge in [0.25, 0.3) is 0 Å². The first-order valence-electron chi connectivity index (χ1n) is 5.44. The number of phenolic OH excluding ortho intramolecular Hbond substituents is 1. The maximum absolute atomic E-state index is 12.9. The molecule has 0 spiro atoms. The minimum atomic E-state index is -0.240. The molecule has 0 saturated heterocycles. The van der Waals surface area contributed by atoms with E-state index in [2.05, 4.69) is 5.32 Å². The third kappa shape index (κ3) is 2.75. The van der Waals surface area contributed by atoms with E-state index in [4.69, 9.17) is 0 Å². The van der Waals surface area contributed by atoms with Gasteiger partial charge in [-0.2, -0.15) is 0 Å². The molecular weight excluding hydrogens is 217 g/mol. The van der Waals surface area contributed by atoms with Crippen LogP contribution in [0, 0.1) is 12.7 Å². The average molecular weight is 231 g/mol. The average Bonchev–Trinajstić information content (AvgIpc) is 2.30. The Labute approximate surface area is 99.7 Å². The lowest BCUT2D eigenvalue weighted by Gasteiger charge is -2.10. The van der Waals surface area contributed by atoms with Crippen LogP contribution in [-0.2, 0) is 6.54 Å². The number of phenols is 1. The van der Waals surface area contributed by atoms with Crippen LogP contribution < -0.4 is 5.32 Å². The van der Waals surface area contributed by atoms with Gasteiger partial charge in [-0.1, -0.05) is 18.2 Å². The highest BCUT2D eigenvalue weighted by molar-refractivity contribution is 5.51. The summed E-state index contributed by atoms with van der Waals surface area (Å²) in [6.45, 7) is 2.36. The molecule has 88 valence electrons. The lowest BCUT2D eigenvalue weighted by Crippen LogP contribution is -2.01. The van der Waals surface area contributed by atoms with Crippen LogP contribution in [0.5, 0.6) is 5.75 Å². The van der Waals surface area contributed by atoms with Crippen molar-refractivity contribution in [3.05, 3.63) is 59.4 Å². The van der Waals surface area contributed by atoms with Crippen LogP contribution in [0.2, 0.25) is 0 Å². The summed E-state index contributed by atoms with van der Waals surface area (Å²) in [6.07, 6.45) is 0. The van der Waals surface area contributed by atoms with Crippen molar-refractivity contribution >= 4 is 5.69 Å². The monoisotopic (exact) mass is 231 g/mol. The van der Waals surface area contributed by atoms with Crippen molar-refractivity contribution in [3.63, 3.8) is 0 Å². The predicted octanol–water partition coefficient (Wildman–Crippen LogP) is 3.45. The van der Waals surface area contributed by atoms with E-state index in [0.29, 0.717) is 6.54 Å². The molecule has 2 aromatic carbocycles. The Hall–Kier alpha value is -2.03. The highest BCUT2D eigenvalue weighted by Gasteiger charge is 2.02. The van der Waals surface area contributed by atoms with Gasteiger partial charge in [-0.3, -0.25) is 0 Å². The molecule has 0 fully saturated rings. The van der Waals surface area contributed by atoms with Gasteiger partial charge in [0.1, 0.15) is 11.6 Å². The third-order valence-corrected chi connectivity index (χ3v) is 2.65. The molecule has 17 heavy (non-hydrogen) atoms. The molecule has 0 aliphatic carbocycles. The second-order valence-electron chi connectivity index (χ2n) is 3.94. The zero-order valence-corrected chi connectivity index (χ0v) is 9.57. The highest BCUT2D eigenvalue weighted by Crippen LogP contribution is 2.20. The Morgan fingerprint density at radius 1 is 1.18 bits per heavy atom. The largest absolute Gasteiger partial charge is 0.508 e. The number of hydrogen-bond donors (Lipinski definition) is 2. The summed E-state index contributed by atoms with van der Waals surface area (Å²) in [4.78, 5) is 0. The summed E-state index contributed by atoms with van der Waals surface area (Å²) in [5.74, 6) is 0.0235. The molecule has 0 radical (unpaired) electrons. The number of para-hydroxylation sites is 1. The van der Waals surface area contributed by atoms with Crippen LogP contribution in [0.3, 0.4) is 0 Å². The van der Waals surface area contributed by atoms with Crippen LogP contribution in [-0.4, -0.2) is 5.11 Å². The maximum atomic E-state index is 12.9. The van der Waals surface area contributed by atoms with E-state index in [1.807, 2.05) is 19.1 Å². The van der Waals surface area contributed by atoms with Gasteiger partial charge in [0.15, 0.2) is 0 Å². The number of hydrogen-bond acceptors (Lipinski definition) is 2. The van der Waals surface area contributed by atoms with Gasteiger partial charge >= 0.3 is 0 Å². The minimum absolute atomic E-state index is 0.240. The van der Waals surface area contributed by atoms with Crippen LogP contribution >= 0.6 is 0 Å². The van der Waals surface area contributed by atoms with Gasteiger partial charge in [-0.25, -0.2) is 4.39 Å². The van der Waals surface area contributed by atoms with Crippen molar-refractivity contribution < 1.29 is 9.50 Å². The van der Waals surface area contributed by atoms with Gasteiger partial charge in [0, 0.05) is 17.8 Å². The van der Waals surface area contributed by atoms with Crippen molar-refractivity contribution in [3.8, 4) is 5.75 Å². The SMILES string of the molecule is Cc1cc(F)ccc1NCc1ccccc1O. The topological polar surface area (TPSA) is 32.3 Å². The van der Waals surface area contributed by atoms with Crippen molar-refractivity contribution in [2.75, 3.05) is 5.32 Å². The molecule has 2 nitrogen and oxygen atoms in total. The molecule has 0 aliphatic heterocycles. The zero-order chi connectivity index (χ0) is 12.3. The fraction of sp³-hybridized carbons (Fsp3) is 0.143. The van der Waals surface area contributed by atoms with E-state index in [9.17, 15) is 9.50 Å². The second-order valence-corrected chi connectivity index (χ2v) is 3.94. The molecular formula is C14H14FNO. The molecule has 2 aromatic rings. The van der Waals surface area contributed by atoms with Gasteiger partial charge in [0.05, 0.1) is 0 Å². The standard InChI is InChI=1S/C14H14FNO/c1-10-8-12(15)6-7-13(10)16-9-11-4-2-3-5-14(11)17/h2-8,16-17H,9H2,1H3. The first-order valence-corrected chi connectivity index (χ1v) is 5.44. The van der Waals surface area contributed by atoms with E-state index in [0.717, 1.165) is 16.8 Å². The number of anilines is 1. The number of aryl methyl sites for hydroxylation is 1. The smallest absolute Gasteiger partial charge is 0.123 e. The van der Waals surface area contributed by atoms with Crippen molar-refractivity contribution in [2.24, 2.45) is 0 Å². The molecule has 0 bridgehead atoms. The molecule has 0 amide bonds. The Bertz CT molecular complexity index is 525. The molecule has 2 rings (SSSR count). The fourth-order valence-electron chi connectivity index (χ4n) is 1.68. The quantitative estimate of drug-likeness (QED) is 0.848. The first kappa shape index (κ1) is 11.5. The maximum Gasteiger partial charge on any atom is 0.123 e. The molecule has 0 unspecified atom stereocenters. The Morgan fingerprint density at radius 3 is 2.65 bits per heavy atom. The van der Waals surface area contributed by atoms with Gasteiger partial charge < -0.3 is 10.4 Å². The van der Waals surface area contributed by atoms with Gasteiger partial charge in [-0.15, -0.1) is 0 Å². The van der Waals surface area contributed by atoms with E-state index in [-0.39, 0.29) is 11.6 Å². The summed E-state index contributed by atoms with van der Waals surface area (Å²) in [6, 6.07) is 11.7. The molecule has 3 heteroatoms. The Kier molecular flexibility index (Phi) is 3.28. The second kappa shape index (κ2) is 4.87. The van der Waals surface area contributed by atoms with E-state index < -0.39 is 0 Å². The first-order chi connectivity index (χ1) is 8.16. The summed E-state index contributed by atoms with van der Waals surface area (Å²) in [7, 11) is 0. The van der Waals surface area contributed by atoms with Crippen molar-refractivity contribution in [1.29, 1.82) is 0 Å². The number of halogens is 1. The summed E-state index contributed by atoms with van der Waals surface area (Å²) in [5, 5.41) is 12.8. The minimum Gasteiger partial charge on any atom is -0.508 e. The number of nitrogens with one attached hydrogen (secondary N) is 1. The third-order valence-electron chi connectivity index (χ3n) is 2.65. The molecule has 2 N–H and O–H groups in total. The van der Waals surface area contributed by atoms with E-state index >= 15 is 0 Å². The molecule has 0 aliphatic rings. The normalized spacial score (nSPS) is 10.2. The van der Waals surface area contributed by atoms with Crippen molar-refractivity contribution in [2.45, 2.75) is 13.5 Å². The Morgan fingerprint density at radius 2 is 1.94 bits per heavy atom. The molecule has 0 heterocycles. The van der Waals surface area contributed by atoms with Crippen LogP contribution in [0.4, 0.5) is 10.1 Å². The Balaban J connectivity index is 2.10. The molecule has 0 aromatic heterocycles. The van der Waals surface area contributed by atoms with Gasteiger partial charge in [0.2, 0.25) is 0 Å². The zero-order valence-electron chi connectivity index (χ0n) is 9.57. The van der Waals surface area contributed by atoms with Gasteiger partial charge in [-0.05, 0) is 36.8 Å². The van der Waals surface area contributed by atoms with E-state index in [1.54, 1.807) is 18.2 Å². The van der Waals surface area contributed by atoms with Crippen LogP contribution in [0.25, 0.3) is 0 Å². The predicted molar refractivity (Wildman–Crippen MR) is 66.6 cm³/mol. The lowest BCUT2D eigenvalue weighted by atomic mass is 10.1. The number of rotatable bonds is 3. The molecule has 0 saturated carbocycles. The fourth-order valence-corrected chi connectivity index (χ4v) is 1.68. The summed E-state index contributed by atoms with van der Waals surface area (Å²) >= 11 is 0. The lowest BCUT2D eigenvalue weighted by molar-refractivity contribution is 0.469. The number of aromatic hydroxyl groups is 1. The molecule has 0 atom stereocenters. The summed E-state index contributed by atoms with van der Waals surface area (Å²) < 4.78 is 12.9. The number of benzene rings is 2. The van der Waals surface area contributed by atoms with Crippen LogP contribution in [0.1, 0.15) is 11.1 Å². The van der Waals surface area contributed by atoms with Crippen molar-refractivity contribution in [1.82, 2.24) is 0 Å².